The van der Waals surface area contributed by atoms with Crippen LogP contribution in [0.5, 0.6) is 0 Å². The van der Waals surface area contributed by atoms with Crippen LogP contribution >= 0.6 is 0 Å². The highest BCUT2D eigenvalue weighted by molar-refractivity contribution is 5.97. The zero-order chi connectivity index (χ0) is 8.10. The van der Waals surface area contributed by atoms with Gasteiger partial charge in [0.25, 0.3) is 0 Å². The molecule has 0 saturated heterocycles. The molecule has 2 N–H and O–H groups in total. The molecule has 0 aliphatic rings. The summed E-state index contributed by atoms with van der Waals surface area (Å²) in [6, 6.07) is 8.82. The van der Waals surface area contributed by atoms with Crippen molar-refractivity contribution in [2.45, 2.75) is 0 Å². The minimum absolute atomic E-state index is 0.0377. The van der Waals surface area contributed by atoms with Crippen molar-refractivity contribution in [3.05, 3.63) is 35.9 Å². The Morgan fingerprint density at radius 1 is 1.36 bits per heavy atom. The van der Waals surface area contributed by atoms with Gasteiger partial charge in [0.2, 0.25) is 0 Å². The second kappa shape index (κ2) is 3.85. The Hall–Kier alpha value is -1.19. The van der Waals surface area contributed by atoms with Gasteiger partial charge < -0.3 is 5.21 Å². The fraction of sp³-hybridized carbons (Fsp3) is 0.125. The van der Waals surface area contributed by atoms with Crippen LogP contribution < -0.4 is 5.48 Å². The van der Waals surface area contributed by atoms with Gasteiger partial charge in [-0.3, -0.25) is 4.79 Å². The van der Waals surface area contributed by atoms with E-state index in [2.05, 4.69) is 0 Å². The molecular formula is C8H9NO2. The van der Waals surface area contributed by atoms with Gasteiger partial charge in [-0.05, 0) is 0 Å². The Labute approximate surface area is 64.6 Å². The molecule has 11 heavy (non-hydrogen) atoms. The lowest BCUT2D eigenvalue weighted by molar-refractivity contribution is 0.0903. The molecule has 0 unspecified atom stereocenters. The smallest absolute Gasteiger partial charge is 0.178 e. The third kappa shape index (κ3) is 2.14. The molecule has 3 nitrogen and oxygen atoms in total. The topological polar surface area (TPSA) is 49.3 Å². The first kappa shape index (κ1) is 7.91. The van der Waals surface area contributed by atoms with Crippen LogP contribution in [0.4, 0.5) is 0 Å². The maximum Gasteiger partial charge on any atom is 0.178 e. The standard InChI is InChI=1S/C8H9NO2/c10-8(6-9-11)7-4-2-1-3-5-7/h1-5,9,11H,6H2. The number of Topliss-reactive ketones (excluding diaryl/α,β-unsaturated/α-hetero) is 1. The number of rotatable bonds is 3. The molecule has 3 heteroatoms. The van der Waals surface area contributed by atoms with E-state index < -0.39 is 0 Å². The number of ketones is 1. The van der Waals surface area contributed by atoms with Crippen LogP contribution in [0.25, 0.3) is 0 Å². The first-order chi connectivity index (χ1) is 5.34. The van der Waals surface area contributed by atoms with Crippen molar-refractivity contribution in [1.82, 2.24) is 5.48 Å². The number of benzene rings is 1. The lowest BCUT2D eigenvalue weighted by Gasteiger charge is -1.96. The van der Waals surface area contributed by atoms with Crippen LogP contribution in [0.15, 0.2) is 30.3 Å². The van der Waals surface area contributed by atoms with Gasteiger partial charge in [-0.15, -0.1) is 0 Å². The summed E-state index contributed by atoms with van der Waals surface area (Å²) < 4.78 is 0. The minimum Gasteiger partial charge on any atom is -0.316 e. The van der Waals surface area contributed by atoms with E-state index in [9.17, 15) is 4.79 Å². The lowest BCUT2D eigenvalue weighted by Crippen LogP contribution is -2.18. The predicted molar refractivity (Wildman–Crippen MR) is 40.6 cm³/mol. The van der Waals surface area contributed by atoms with Crippen molar-refractivity contribution in [2.24, 2.45) is 0 Å². The summed E-state index contributed by atoms with van der Waals surface area (Å²) in [5.41, 5.74) is 2.42. The molecule has 0 saturated carbocycles. The minimum atomic E-state index is -0.117. The Balaban J connectivity index is 2.69. The molecule has 0 spiro atoms. The molecular weight excluding hydrogens is 142 g/mol. The summed E-state index contributed by atoms with van der Waals surface area (Å²) >= 11 is 0. The van der Waals surface area contributed by atoms with Gasteiger partial charge in [-0.2, -0.15) is 5.48 Å². The summed E-state index contributed by atoms with van der Waals surface area (Å²) in [6.07, 6.45) is 0. The van der Waals surface area contributed by atoms with Gasteiger partial charge in [0.05, 0.1) is 6.54 Å². The van der Waals surface area contributed by atoms with E-state index in [1.807, 2.05) is 11.5 Å². The van der Waals surface area contributed by atoms with Crippen LogP contribution in [-0.4, -0.2) is 17.5 Å². The molecule has 0 aromatic heterocycles. The molecule has 0 radical (unpaired) electrons. The van der Waals surface area contributed by atoms with Crippen molar-refractivity contribution >= 4 is 5.78 Å². The highest BCUT2D eigenvalue weighted by Crippen LogP contribution is 1.98. The zero-order valence-corrected chi connectivity index (χ0v) is 5.95. The largest absolute Gasteiger partial charge is 0.316 e. The van der Waals surface area contributed by atoms with Crippen molar-refractivity contribution < 1.29 is 10.0 Å². The van der Waals surface area contributed by atoms with Crippen molar-refractivity contribution in [2.75, 3.05) is 6.54 Å². The monoisotopic (exact) mass is 151 g/mol. The number of carbonyl (C=O) groups is 1. The molecule has 0 bridgehead atoms. The lowest BCUT2D eigenvalue weighted by atomic mass is 10.1. The molecule has 58 valence electrons. The van der Waals surface area contributed by atoms with Crippen LogP contribution in [0.1, 0.15) is 10.4 Å². The highest BCUT2D eigenvalue weighted by atomic mass is 16.5. The van der Waals surface area contributed by atoms with Gasteiger partial charge in [-0.1, -0.05) is 30.3 Å². The summed E-state index contributed by atoms with van der Waals surface area (Å²) in [4.78, 5) is 11.0. The Bertz CT molecular complexity index is 233. The van der Waals surface area contributed by atoms with Gasteiger partial charge in [0, 0.05) is 5.56 Å². The average molecular weight is 151 g/mol. The highest BCUT2D eigenvalue weighted by Gasteiger charge is 2.01. The van der Waals surface area contributed by atoms with Gasteiger partial charge >= 0.3 is 0 Å². The number of hydroxylamine groups is 1. The molecule has 1 rings (SSSR count). The number of hydrogen-bond donors (Lipinski definition) is 2. The summed E-state index contributed by atoms with van der Waals surface area (Å²) in [5, 5.41) is 8.23. The van der Waals surface area contributed by atoms with Crippen LogP contribution in [-0.2, 0) is 0 Å². The third-order valence-corrected chi connectivity index (χ3v) is 1.34. The number of hydrogen-bond acceptors (Lipinski definition) is 3. The van der Waals surface area contributed by atoms with Crippen LogP contribution in [0.2, 0.25) is 0 Å². The molecule has 0 aliphatic carbocycles. The molecule has 0 aliphatic heterocycles. The average Bonchev–Trinajstić information content (AvgIpc) is 2.07. The summed E-state index contributed by atoms with van der Waals surface area (Å²) in [7, 11) is 0. The van der Waals surface area contributed by atoms with E-state index in [4.69, 9.17) is 5.21 Å². The maximum atomic E-state index is 11.0. The van der Waals surface area contributed by atoms with Crippen LogP contribution in [0.3, 0.4) is 0 Å². The van der Waals surface area contributed by atoms with Gasteiger partial charge in [0.1, 0.15) is 0 Å². The zero-order valence-electron chi connectivity index (χ0n) is 5.95. The quantitative estimate of drug-likeness (QED) is 0.497. The predicted octanol–water partition coefficient (Wildman–Crippen LogP) is 0.848. The maximum absolute atomic E-state index is 11.0. The van der Waals surface area contributed by atoms with Crippen molar-refractivity contribution in [3.63, 3.8) is 0 Å². The third-order valence-electron chi connectivity index (χ3n) is 1.34. The van der Waals surface area contributed by atoms with Gasteiger partial charge in [0.15, 0.2) is 5.78 Å². The van der Waals surface area contributed by atoms with Gasteiger partial charge in [-0.25, -0.2) is 0 Å². The molecule has 0 heterocycles. The fourth-order valence-corrected chi connectivity index (χ4v) is 0.798. The van der Waals surface area contributed by atoms with E-state index in [0.29, 0.717) is 5.56 Å². The summed E-state index contributed by atoms with van der Waals surface area (Å²) in [6.45, 7) is -0.0377. The number of nitrogens with one attached hydrogen (secondary N) is 1. The van der Waals surface area contributed by atoms with Crippen molar-refractivity contribution in [3.8, 4) is 0 Å². The molecule has 1 aromatic rings. The first-order valence-corrected chi connectivity index (χ1v) is 3.30. The van der Waals surface area contributed by atoms with E-state index in [1.165, 1.54) is 0 Å². The summed E-state index contributed by atoms with van der Waals surface area (Å²) in [5.74, 6) is -0.117. The van der Waals surface area contributed by atoms with E-state index in [-0.39, 0.29) is 12.3 Å². The SMILES string of the molecule is O=C(CNO)c1ccccc1. The normalized spacial score (nSPS) is 9.55. The van der Waals surface area contributed by atoms with E-state index in [0.717, 1.165) is 0 Å². The van der Waals surface area contributed by atoms with Crippen LogP contribution in [0, 0.1) is 0 Å². The Morgan fingerprint density at radius 3 is 2.55 bits per heavy atom. The molecule has 0 atom stereocenters. The second-order valence-corrected chi connectivity index (χ2v) is 2.12. The van der Waals surface area contributed by atoms with E-state index >= 15 is 0 Å². The first-order valence-electron chi connectivity index (χ1n) is 3.30. The Kier molecular flexibility index (Phi) is 2.77. The molecule has 0 amide bonds. The molecule has 1 aromatic carbocycles. The number of carbonyl (C=O) groups excluding carboxylic acids is 1. The Morgan fingerprint density at radius 2 is 2.00 bits per heavy atom. The fourth-order valence-electron chi connectivity index (χ4n) is 0.798. The second-order valence-electron chi connectivity index (χ2n) is 2.12. The van der Waals surface area contributed by atoms with Crippen molar-refractivity contribution in [1.29, 1.82) is 0 Å². The van der Waals surface area contributed by atoms with E-state index in [1.54, 1.807) is 24.3 Å². The molecule has 0 fully saturated rings.